The molecule has 0 radical (unpaired) electrons. The molecule has 0 aliphatic heterocycles. The third-order valence-corrected chi connectivity index (χ3v) is 1.88. The maximum Gasteiger partial charge on any atom is 0.334 e. The van der Waals surface area contributed by atoms with E-state index in [2.05, 4.69) is 11.8 Å². The highest BCUT2D eigenvalue weighted by Gasteiger charge is 2.01. The van der Waals surface area contributed by atoms with Crippen molar-refractivity contribution in [3.8, 4) is 11.8 Å². The van der Waals surface area contributed by atoms with Crippen LogP contribution in [0.5, 0.6) is 0 Å². The van der Waals surface area contributed by atoms with Gasteiger partial charge in [0.1, 0.15) is 0 Å². The van der Waals surface area contributed by atoms with Crippen molar-refractivity contribution >= 4 is 5.97 Å². The van der Waals surface area contributed by atoms with Gasteiger partial charge in [0.15, 0.2) is 0 Å². The van der Waals surface area contributed by atoms with Crippen LogP contribution in [0.3, 0.4) is 0 Å². The van der Waals surface area contributed by atoms with Gasteiger partial charge in [-0.05, 0) is 32.1 Å². The Labute approximate surface area is 95.9 Å². The number of hydrogen-bond acceptors (Lipinski definition) is 2. The number of rotatable bonds is 2. The molecule has 82 valence electrons. The van der Waals surface area contributed by atoms with Crippen molar-refractivity contribution in [1.82, 2.24) is 0 Å². The fourth-order valence-electron chi connectivity index (χ4n) is 1.05. The second kappa shape index (κ2) is 6.47. The first-order valence-corrected chi connectivity index (χ1v) is 5.14. The molecule has 0 amide bonds. The molecule has 0 aliphatic rings. The minimum atomic E-state index is -0.315. The quantitative estimate of drug-likeness (QED) is 0.429. The predicted octanol–water partition coefficient (Wildman–Crippen LogP) is 2.55. The summed E-state index contributed by atoms with van der Waals surface area (Å²) in [6.45, 7) is 3.86. The van der Waals surface area contributed by atoms with Crippen LogP contribution in [-0.2, 0) is 9.53 Å². The van der Waals surface area contributed by atoms with Gasteiger partial charge in [0.25, 0.3) is 0 Å². The minimum Gasteiger partial charge on any atom is -0.463 e. The van der Waals surface area contributed by atoms with Crippen LogP contribution in [0.1, 0.15) is 19.4 Å². The zero-order chi connectivity index (χ0) is 11.8. The molecule has 2 heteroatoms. The number of hydrogen-bond donors (Lipinski definition) is 0. The lowest BCUT2D eigenvalue weighted by atomic mass is 10.2. The van der Waals surface area contributed by atoms with E-state index in [9.17, 15) is 4.79 Å². The lowest BCUT2D eigenvalue weighted by molar-refractivity contribution is -0.138. The van der Waals surface area contributed by atoms with E-state index in [4.69, 9.17) is 4.74 Å². The van der Waals surface area contributed by atoms with Gasteiger partial charge in [-0.15, -0.1) is 0 Å². The van der Waals surface area contributed by atoms with E-state index < -0.39 is 0 Å². The van der Waals surface area contributed by atoms with E-state index in [1.165, 1.54) is 0 Å². The zero-order valence-corrected chi connectivity index (χ0v) is 9.49. The van der Waals surface area contributed by atoms with E-state index in [0.717, 1.165) is 5.56 Å². The minimum absolute atomic E-state index is 0.315. The van der Waals surface area contributed by atoms with Gasteiger partial charge in [0.05, 0.1) is 6.61 Å². The fourth-order valence-corrected chi connectivity index (χ4v) is 1.05. The lowest BCUT2D eigenvalue weighted by Gasteiger charge is -1.98. The number of ether oxygens (including phenoxy) is 1. The van der Waals surface area contributed by atoms with E-state index in [1.54, 1.807) is 19.9 Å². The Morgan fingerprint density at radius 3 is 2.69 bits per heavy atom. The molecule has 0 aliphatic carbocycles. The first kappa shape index (κ1) is 12.1. The molecule has 0 aromatic heterocycles. The van der Waals surface area contributed by atoms with Crippen molar-refractivity contribution in [3.63, 3.8) is 0 Å². The van der Waals surface area contributed by atoms with Gasteiger partial charge in [-0.25, -0.2) is 4.79 Å². The van der Waals surface area contributed by atoms with Crippen LogP contribution in [0, 0.1) is 11.8 Å². The average Bonchev–Trinajstić information content (AvgIpc) is 2.30. The van der Waals surface area contributed by atoms with Crippen molar-refractivity contribution in [1.29, 1.82) is 0 Å². The van der Waals surface area contributed by atoms with Gasteiger partial charge in [-0.3, -0.25) is 0 Å². The van der Waals surface area contributed by atoms with E-state index in [-0.39, 0.29) is 5.97 Å². The van der Waals surface area contributed by atoms with Crippen molar-refractivity contribution < 1.29 is 9.53 Å². The van der Waals surface area contributed by atoms with Gasteiger partial charge in [-0.2, -0.15) is 0 Å². The molecule has 0 heterocycles. The van der Waals surface area contributed by atoms with Gasteiger partial charge in [-0.1, -0.05) is 30.0 Å². The molecule has 0 bridgehead atoms. The molecule has 1 aromatic rings. The van der Waals surface area contributed by atoms with Crippen LogP contribution < -0.4 is 0 Å². The predicted molar refractivity (Wildman–Crippen MR) is 63.7 cm³/mol. The van der Waals surface area contributed by atoms with E-state index in [1.807, 2.05) is 30.3 Å². The van der Waals surface area contributed by atoms with Crippen molar-refractivity contribution in [2.75, 3.05) is 6.61 Å². The highest BCUT2D eigenvalue weighted by atomic mass is 16.5. The second-order valence-electron chi connectivity index (χ2n) is 3.18. The SMILES string of the molecule is CCOC(=O)/C(C)=C/C#Cc1ccccc1. The van der Waals surface area contributed by atoms with Gasteiger partial charge < -0.3 is 4.74 Å². The molecular weight excluding hydrogens is 200 g/mol. The first-order valence-electron chi connectivity index (χ1n) is 5.14. The number of benzene rings is 1. The average molecular weight is 214 g/mol. The molecule has 0 fully saturated rings. The Kier molecular flexibility index (Phi) is 4.88. The van der Waals surface area contributed by atoms with Crippen LogP contribution in [0.25, 0.3) is 0 Å². The monoisotopic (exact) mass is 214 g/mol. The largest absolute Gasteiger partial charge is 0.463 e. The summed E-state index contributed by atoms with van der Waals surface area (Å²) in [6, 6.07) is 9.61. The molecule has 0 atom stereocenters. The van der Waals surface area contributed by atoms with Crippen LogP contribution in [0.4, 0.5) is 0 Å². The third-order valence-electron chi connectivity index (χ3n) is 1.88. The third kappa shape index (κ3) is 4.02. The topological polar surface area (TPSA) is 26.3 Å². The number of carbonyl (C=O) groups is 1. The standard InChI is InChI=1S/C14H14O2/c1-3-16-14(15)12(2)8-7-11-13-9-5-4-6-10-13/h4-6,8-10H,3H2,1-2H3/b12-8+. The summed E-state index contributed by atoms with van der Waals surface area (Å²) in [7, 11) is 0. The molecule has 2 nitrogen and oxygen atoms in total. The Hall–Kier alpha value is -2.01. The van der Waals surface area contributed by atoms with Gasteiger partial charge >= 0.3 is 5.97 Å². The second-order valence-corrected chi connectivity index (χ2v) is 3.18. The lowest BCUT2D eigenvalue weighted by Crippen LogP contribution is -2.04. The Morgan fingerprint density at radius 2 is 2.06 bits per heavy atom. The van der Waals surface area contributed by atoms with Crippen molar-refractivity contribution in [2.45, 2.75) is 13.8 Å². The fraction of sp³-hybridized carbons (Fsp3) is 0.214. The van der Waals surface area contributed by atoms with Crippen LogP contribution >= 0.6 is 0 Å². The van der Waals surface area contributed by atoms with Crippen LogP contribution in [0.15, 0.2) is 42.0 Å². The maximum absolute atomic E-state index is 11.2. The number of allylic oxidation sites excluding steroid dienone is 1. The summed E-state index contributed by atoms with van der Waals surface area (Å²) >= 11 is 0. The molecule has 1 rings (SSSR count). The molecule has 0 saturated heterocycles. The normalized spacial score (nSPS) is 10.2. The molecule has 0 saturated carbocycles. The molecule has 0 spiro atoms. The van der Waals surface area contributed by atoms with Crippen molar-refractivity contribution in [3.05, 3.63) is 47.5 Å². The molecule has 1 aromatic carbocycles. The zero-order valence-electron chi connectivity index (χ0n) is 9.49. The maximum atomic E-state index is 11.2. The van der Waals surface area contributed by atoms with Gasteiger partial charge in [0.2, 0.25) is 0 Å². The molecule has 0 N–H and O–H groups in total. The smallest absolute Gasteiger partial charge is 0.334 e. The summed E-state index contributed by atoms with van der Waals surface area (Å²) in [4.78, 5) is 11.2. The van der Waals surface area contributed by atoms with Crippen LogP contribution in [0.2, 0.25) is 0 Å². The summed E-state index contributed by atoms with van der Waals surface area (Å²) in [5, 5.41) is 0. The van der Waals surface area contributed by atoms with Crippen LogP contribution in [-0.4, -0.2) is 12.6 Å². The van der Waals surface area contributed by atoms with E-state index >= 15 is 0 Å². The summed E-state index contributed by atoms with van der Waals surface area (Å²) < 4.78 is 4.83. The Bertz CT molecular complexity index is 433. The van der Waals surface area contributed by atoms with Crippen molar-refractivity contribution in [2.24, 2.45) is 0 Å². The molecule has 16 heavy (non-hydrogen) atoms. The number of esters is 1. The number of carbonyl (C=O) groups excluding carboxylic acids is 1. The first-order chi connectivity index (χ1) is 7.74. The Balaban J connectivity index is 2.66. The van der Waals surface area contributed by atoms with Gasteiger partial charge in [0, 0.05) is 11.1 Å². The van der Waals surface area contributed by atoms with E-state index in [0.29, 0.717) is 12.2 Å². The molecule has 0 unspecified atom stereocenters. The highest BCUT2D eigenvalue weighted by Crippen LogP contribution is 1.97. The summed E-state index contributed by atoms with van der Waals surface area (Å²) in [5.74, 6) is 5.45. The molecular formula is C14H14O2. The summed E-state index contributed by atoms with van der Waals surface area (Å²) in [5.41, 5.74) is 1.45. The Morgan fingerprint density at radius 1 is 1.38 bits per heavy atom. The summed E-state index contributed by atoms with van der Waals surface area (Å²) in [6.07, 6.45) is 1.57. The highest BCUT2D eigenvalue weighted by molar-refractivity contribution is 5.88.